The maximum Gasteiger partial charge on any atom is 0.416 e. The second kappa shape index (κ2) is 10.9. The Bertz CT molecular complexity index is 1340. The number of thiocarbonyl (C=S) groups is 1. The van der Waals surface area contributed by atoms with Crippen molar-refractivity contribution < 1.29 is 45.8 Å². The van der Waals surface area contributed by atoms with E-state index in [1.54, 1.807) is 0 Å². The zero-order valence-electron chi connectivity index (χ0n) is 19.4. The number of nitrogens with zero attached hydrogens (tertiary/aromatic N) is 2. The van der Waals surface area contributed by atoms with E-state index in [0.717, 1.165) is 28.1 Å². The van der Waals surface area contributed by atoms with Gasteiger partial charge in [-0.1, -0.05) is 24.0 Å². The monoisotopic (exact) mass is 609 g/mol. The minimum atomic E-state index is -4.99. The molecule has 0 bridgehead atoms. The molecular formula is C23H17F6N3O4S3. The normalized spacial score (nSPS) is 19.4. The molecule has 4 rings (SSSR count). The van der Waals surface area contributed by atoms with E-state index < -0.39 is 47.3 Å². The number of amides is 2. The molecule has 2 aliphatic rings. The summed E-state index contributed by atoms with van der Waals surface area (Å²) in [5.41, 5.74) is -0.479. The van der Waals surface area contributed by atoms with Gasteiger partial charge in [0, 0.05) is 11.4 Å². The molecule has 0 radical (unpaired) electrons. The average molecular weight is 610 g/mol. The van der Waals surface area contributed by atoms with Gasteiger partial charge in [0.05, 0.1) is 22.6 Å². The van der Waals surface area contributed by atoms with Crippen LogP contribution in [0.3, 0.4) is 0 Å². The highest BCUT2D eigenvalue weighted by Crippen LogP contribution is 2.40. The quantitative estimate of drug-likeness (QED) is 0.263. The minimum Gasteiger partial charge on any atom is -0.480 e. The van der Waals surface area contributed by atoms with E-state index in [1.165, 1.54) is 22.4 Å². The van der Waals surface area contributed by atoms with Crippen LogP contribution in [0.15, 0.2) is 34.6 Å². The van der Waals surface area contributed by atoms with Gasteiger partial charge in [-0.3, -0.25) is 9.59 Å². The summed E-state index contributed by atoms with van der Waals surface area (Å²) < 4.78 is 79.3. The topological polar surface area (TPSA) is 89.9 Å². The number of benzene rings is 1. The number of carbonyl (C=O) groups is 3. The molecule has 7 nitrogen and oxygen atoms in total. The van der Waals surface area contributed by atoms with Crippen LogP contribution in [0.4, 0.5) is 26.3 Å². The second-order valence-corrected chi connectivity index (χ2v) is 11.1. The second-order valence-electron chi connectivity index (χ2n) is 8.47. The molecule has 16 heteroatoms. The van der Waals surface area contributed by atoms with Gasteiger partial charge in [-0.15, -0.1) is 11.3 Å². The largest absolute Gasteiger partial charge is 0.480 e. The van der Waals surface area contributed by atoms with Gasteiger partial charge in [-0.05, 0) is 59.7 Å². The van der Waals surface area contributed by atoms with Crippen molar-refractivity contribution in [3.8, 4) is 11.1 Å². The molecule has 2 N–H and O–H groups in total. The molecule has 0 saturated carbocycles. The highest BCUT2D eigenvalue weighted by Gasteiger charge is 2.38. The van der Waals surface area contributed by atoms with E-state index in [4.69, 9.17) is 12.2 Å². The average Bonchev–Trinajstić information content (AvgIpc) is 3.57. The maximum atomic E-state index is 13.2. The summed E-state index contributed by atoms with van der Waals surface area (Å²) >= 11 is 7.06. The van der Waals surface area contributed by atoms with E-state index in [2.05, 4.69) is 5.43 Å². The molecule has 39 heavy (non-hydrogen) atoms. The van der Waals surface area contributed by atoms with Crippen LogP contribution in [0.2, 0.25) is 0 Å². The zero-order chi connectivity index (χ0) is 28.7. The summed E-state index contributed by atoms with van der Waals surface area (Å²) in [5, 5.41) is 11.6. The minimum absolute atomic E-state index is 0.0470. The van der Waals surface area contributed by atoms with Gasteiger partial charge in [-0.2, -0.15) is 26.3 Å². The highest BCUT2D eigenvalue weighted by molar-refractivity contribution is 8.26. The number of rotatable bonds is 6. The Morgan fingerprint density at radius 1 is 1.08 bits per heavy atom. The van der Waals surface area contributed by atoms with Crippen LogP contribution in [-0.4, -0.2) is 56.3 Å². The van der Waals surface area contributed by atoms with Gasteiger partial charge in [0.25, 0.3) is 5.91 Å². The molecule has 2 fully saturated rings. The number of hydrazine groups is 1. The predicted octanol–water partition coefficient (Wildman–Crippen LogP) is 5.23. The third-order valence-electron chi connectivity index (χ3n) is 5.85. The first-order valence-electron chi connectivity index (χ1n) is 11.1. The van der Waals surface area contributed by atoms with Crippen molar-refractivity contribution in [1.82, 2.24) is 15.3 Å². The van der Waals surface area contributed by atoms with Crippen LogP contribution in [0.5, 0.6) is 0 Å². The summed E-state index contributed by atoms with van der Waals surface area (Å²) in [6.07, 6.45) is -7.73. The Morgan fingerprint density at radius 3 is 2.31 bits per heavy atom. The van der Waals surface area contributed by atoms with Gasteiger partial charge in [0.15, 0.2) is 4.32 Å². The molecule has 1 atom stereocenters. The van der Waals surface area contributed by atoms with Crippen molar-refractivity contribution in [2.75, 3.05) is 13.1 Å². The van der Waals surface area contributed by atoms with Crippen molar-refractivity contribution >= 4 is 63.5 Å². The summed E-state index contributed by atoms with van der Waals surface area (Å²) in [6.45, 7) is -0.115. The predicted molar refractivity (Wildman–Crippen MR) is 135 cm³/mol. The van der Waals surface area contributed by atoms with Gasteiger partial charge < -0.3 is 10.0 Å². The lowest BCUT2D eigenvalue weighted by atomic mass is 10.0. The molecule has 3 heterocycles. The molecule has 1 aromatic carbocycles. The van der Waals surface area contributed by atoms with Gasteiger partial charge in [0.1, 0.15) is 6.04 Å². The molecule has 1 aromatic heterocycles. The van der Waals surface area contributed by atoms with Gasteiger partial charge >= 0.3 is 18.3 Å². The van der Waals surface area contributed by atoms with Crippen molar-refractivity contribution in [3.05, 3.63) is 50.6 Å². The third kappa shape index (κ3) is 6.45. The lowest BCUT2D eigenvalue weighted by Crippen LogP contribution is -2.49. The van der Waals surface area contributed by atoms with Crippen molar-refractivity contribution in [2.45, 2.75) is 31.2 Å². The number of nitrogens with one attached hydrogen (secondary N) is 1. The molecule has 0 spiro atoms. The number of likely N-dealkylation sites (tertiary alicyclic amines) is 1. The standard InChI is InChI=1S/C23H17F6N3O4S3/c24-22(25,26)13-4-11(5-14(7-13)23(27,28)29)12-6-15(38-10-12)8-17-19(34)32(21(37)39-17)30-9-18(33)31-3-1-2-16(31)20(35)36/h4-8,10,16,30H,1-3,9H2,(H,35,36). The molecule has 2 amide bonds. The first kappa shape index (κ1) is 29.0. The van der Waals surface area contributed by atoms with Crippen molar-refractivity contribution in [3.63, 3.8) is 0 Å². The summed E-state index contributed by atoms with van der Waals surface area (Å²) in [6, 6.07) is 1.70. The fourth-order valence-corrected chi connectivity index (χ4v) is 6.14. The number of halogens is 6. The summed E-state index contributed by atoms with van der Waals surface area (Å²) in [5.74, 6) is -2.27. The van der Waals surface area contributed by atoms with Crippen molar-refractivity contribution in [2.24, 2.45) is 0 Å². The lowest BCUT2D eigenvalue weighted by Gasteiger charge is -2.23. The Kier molecular flexibility index (Phi) is 8.12. The van der Waals surface area contributed by atoms with Crippen LogP contribution in [0.25, 0.3) is 17.2 Å². The van der Waals surface area contributed by atoms with Crippen LogP contribution in [0.1, 0.15) is 28.8 Å². The van der Waals surface area contributed by atoms with Crippen LogP contribution in [0, 0.1) is 0 Å². The fourth-order valence-electron chi connectivity index (χ4n) is 4.00. The molecule has 1 unspecified atom stereocenters. The van der Waals surface area contributed by atoms with E-state index in [1.807, 2.05) is 0 Å². The van der Waals surface area contributed by atoms with Gasteiger partial charge in [-0.25, -0.2) is 15.2 Å². The molecule has 2 aromatic rings. The Labute approximate surface area is 230 Å². The summed E-state index contributed by atoms with van der Waals surface area (Å²) in [7, 11) is 0. The van der Waals surface area contributed by atoms with Crippen molar-refractivity contribution in [1.29, 1.82) is 0 Å². The van der Waals surface area contributed by atoms with E-state index in [-0.39, 0.29) is 39.5 Å². The smallest absolute Gasteiger partial charge is 0.416 e. The number of thioether (sulfide) groups is 1. The first-order valence-corrected chi connectivity index (χ1v) is 13.2. The number of carbonyl (C=O) groups excluding carboxylic acids is 2. The molecular weight excluding hydrogens is 592 g/mol. The van der Waals surface area contributed by atoms with E-state index in [0.29, 0.717) is 29.9 Å². The van der Waals surface area contributed by atoms with Crippen LogP contribution in [-0.2, 0) is 26.7 Å². The number of aliphatic carboxylic acids is 1. The number of carboxylic acid groups (broad SMARTS) is 1. The molecule has 2 aliphatic heterocycles. The number of hydrogen-bond acceptors (Lipinski definition) is 7. The van der Waals surface area contributed by atoms with Gasteiger partial charge in [0.2, 0.25) is 5.91 Å². The Hall–Kier alpha value is -2.95. The molecule has 2 saturated heterocycles. The summed E-state index contributed by atoms with van der Waals surface area (Å²) in [4.78, 5) is 38.3. The SMILES string of the molecule is O=C(O)C1CCCN1C(=O)CNN1C(=O)C(=Cc2cc(-c3cc(C(F)(F)F)cc(C(F)(F)F)c3)cs2)SC1=S. The van der Waals surface area contributed by atoms with E-state index >= 15 is 0 Å². The van der Waals surface area contributed by atoms with Crippen LogP contribution >= 0.6 is 35.3 Å². The fraction of sp³-hybridized carbons (Fsp3) is 0.304. The number of thiophene rings is 1. The Balaban J connectivity index is 1.50. The highest BCUT2D eigenvalue weighted by atomic mass is 32.2. The Morgan fingerprint density at radius 2 is 1.72 bits per heavy atom. The zero-order valence-corrected chi connectivity index (χ0v) is 21.9. The third-order valence-corrected chi connectivity index (χ3v) is 8.04. The first-order chi connectivity index (χ1) is 18.1. The molecule has 208 valence electrons. The lowest BCUT2D eigenvalue weighted by molar-refractivity contribution is -0.148. The maximum absolute atomic E-state index is 13.2. The number of alkyl halides is 6. The number of carboxylic acids is 1. The van der Waals surface area contributed by atoms with Crippen LogP contribution < -0.4 is 5.43 Å². The number of hydrogen-bond donors (Lipinski definition) is 2. The van der Waals surface area contributed by atoms with E-state index in [9.17, 15) is 45.8 Å². The molecule has 0 aliphatic carbocycles.